The maximum atomic E-state index is 12.4. The molecule has 0 bridgehead atoms. The molecule has 0 unspecified atom stereocenters. The highest BCUT2D eigenvalue weighted by Crippen LogP contribution is 2.27. The van der Waals surface area contributed by atoms with Crippen molar-refractivity contribution in [1.82, 2.24) is 10.2 Å². The highest BCUT2D eigenvalue weighted by atomic mass is 16.5. The number of nitrogens with zero attached hydrogens (tertiary/aromatic N) is 2. The van der Waals surface area contributed by atoms with Crippen LogP contribution in [-0.2, 0) is 0 Å². The molecule has 0 saturated heterocycles. The molecule has 0 radical (unpaired) electrons. The lowest BCUT2D eigenvalue weighted by Gasteiger charge is -2.13. The fourth-order valence-corrected chi connectivity index (χ4v) is 3.14. The number of carbonyl (C=O) groups is 1. The Morgan fingerprint density at radius 3 is 2.50 bits per heavy atom. The number of anilines is 2. The van der Waals surface area contributed by atoms with Crippen LogP contribution in [0.25, 0.3) is 0 Å². The van der Waals surface area contributed by atoms with Crippen molar-refractivity contribution in [2.24, 2.45) is 0 Å². The van der Waals surface area contributed by atoms with Gasteiger partial charge in [-0.15, -0.1) is 10.2 Å². The molecule has 1 amide bonds. The first kappa shape index (κ1) is 19.7. The number of amides is 1. The number of ether oxygens (including phenoxy) is 2. The number of methoxy groups -OCH3 is 2. The largest absolute Gasteiger partial charge is 0.493 e. The number of rotatable bonds is 8. The van der Waals surface area contributed by atoms with Gasteiger partial charge >= 0.3 is 0 Å². The van der Waals surface area contributed by atoms with Gasteiger partial charge in [-0.2, -0.15) is 0 Å². The highest BCUT2D eigenvalue weighted by Gasteiger charge is 2.12. The lowest BCUT2D eigenvalue weighted by molar-refractivity contribution is 0.102. The molecule has 1 aliphatic carbocycles. The molecule has 7 heteroatoms. The van der Waals surface area contributed by atoms with Crippen LogP contribution in [0.15, 0.2) is 42.0 Å². The molecule has 2 N–H and O–H groups in total. The van der Waals surface area contributed by atoms with Gasteiger partial charge in [0, 0.05) is 12.1 Å². The summed E-state index contributed by atoms with van der Waals surface area (Å²) in [5.74, 6) is 1.85. The highest BCUT2D eigenvalue weighted by molar-refractivity contribution is 6.04. The van der Waals surface area contributed by atoms with E-state index in [-0.39, 0.29) is 5.91 Å². The third kappa shape index (κ3) is 5.22. The first-order valence-electron chi connectivity index (χ1n) is 9.48. The fraction of sp³-hybridized carbons (Fsp3) is 0.381. The van der Waals surface area contributed by atoms with Gasteiger partial charge in [0.25, 0.3) is 5.91 Å². The van der Waals surface area contributed by atoms with Crippen molar-refractivity contribution < 1.29 is 14.3 Å². The molecule has 1 aromatic carbocycles. The van der Waals surface area contributed by atoms with Crippen LogP contribution in [0.4, 0.5) is 11.6 Å². The zero-order valence-electron chi connectivity index (χ0n) is 16.3. The molecule has 0 saturated carbocycles. The average Bonchev–Trinajstić information content (AvgIpc) is 2.75. The topological polar surface area (TPSA) is 85.4 Å². The Morgan fingerprint density at radius 1 is 1.04 bits per heavy atom. The molecule has 1 heterocycles. The molecule has 148 valence electrons. The van der Waals surface area contributed by atoms with Crippen LogP contribution in [0.5, 0.6) is 11.5 Å². The van der Waals surface area contributed by atoms with Gasteiger partial charge in [0.1, 0.15) is 5.82 Å². The van der Waals surface area contributed by atoms with E-state index in [1.54, 1.807) is 31.4 Å². The van der Waals surface area contributed by atoms with Gasteiger partial charge in [-0.05, 0) is 62.4 Å². The Morgan fingerprint density at radius 2 is 1.82 bits per heavy atom. The van der Waals surface area contributed by atoms with Gasteiger partial charge in [0.05, 0.1) is 14.2 Å². The van der Waals surface area contributed by atoms with E-state index in [1.165, 1.54) is 38.4 Å². The molecule has 2 aromatic rings. The molecule has 0 atom stereocenters. The summed E-state index contributed by atoms with van der Waals surface area (Å²) in [6, 6.07) is 8.52. The van der Waals surface area contributed by atoms with Crippen LogP contribution in [-0.4, -0.2) is 36.9 Å². The molecule has 28 heavy (non-hydrogen) atoms. The third-order valence-corrected chi connectivity index (χ3v) is 4.69. The first-order valence-corrected chi connectivity index (χ1v) is 9.48. The minimum Gasteiger partial charge on any atom is -0.493 e. The summed E-state index contributed by atoms with van der Waals surface area (Å²) in [4.78, 5) is 12.4. The molecule has 7 nitrogen and oxygen atoms in total. The number of carbonyl (C=O) groups excluding carboxylic acids is 1. The molecular weight excluding hydrogens is 356 g/mol. The minimum atomic E-state index is -0.291. The summed E-state index contributed by atoms with van der Waals surface area (Å²) < 4.78 is 10.4. The molecule has 1 aromatic heterocycles. The fourth-order valence-electron chi connectivity index (χ4n) is 3.14. The summed E-state index contributed by atoms with van der Waals surface area (Å²) in [6.45, 7) is 0.831. The summed E-state index contributed by atoms with van der Waals surface area (Å²) >= 11 is 0. The van der Waals surface area contributed by atoms with Crippen LogP contribution in [0.3, 0.4) is 0 Å². The van der Waals surface area contributed by atoms with E-state index in [2.05, 4.69) is 26.9 Å². The summed E-state index contributed by atoms with van der Waals surface area (Å²) in [6.07, 6.45) is 8.38. The number of aromatic nitrogens is 2. The first-order chi connectivity index (χ1) is 13.7. The van der Waals surface area contributed by atoms with Crippen LogP contribution in [0, 0.1) is 0 Å². The number of allylic oxidation sites excluding steroid dienone is 1. The van der Waals surface area contributed by atoms with Gasteiger partial charge in [-0.3, -0.25) is 4.79 Å². The van der Waals surface area contributed by atoms with Crippen LogP contribution < -0.4 is 20.1 Å². The molecule has 0 aliphatic heterocycles. The van der Waals surface area contributed by atoms with Gasteiger partial charge in [0.15, 0.2) is 17.3 Å². The molecule has 3 rings (SSSR count). The maximum Gasteiger partial charge on any atom is 0.257 e. The summed E-state index contributed by atoms with van der Waals surface area (Å²) in [5.41, 5.74) is 1.97. The standard InChI is InChI=1S/C21H26N4O3/c1-27-17-9-8-16(14-18(17)28-2)21(26)23-20-11-10-19(24-25-20)22-13-12-15-6-4-3-5-7-15/h6,8-11,14H,3-5,7,12-13H2,1-2H3,(H,22,24)(H,23,25,26). The van der Waals surface area contributed by atoms with E-state index >= 15 is 0 Å². The average molecular weight is 382 g/mol. The zero-order valence-corrected chi connectivity index (χ0v) is 16.3. The van der Waals surface area contributed by atoms with Crippen molar-refractivity contribution in [2.45, 2.75) is 32.1 Å². The van der Waals surface area contributed by atoms with E-state index in [0.29, 0.717) is 28.7 Å². The van der Waals surface area contributed by atoms with Gasteiger partial charge < -0.3 is 20.1 Å². The normalized spacial score (nSPS) is 13.4. The van der Waals surface area contributed by atoms with Gasteiger partial charge in [-0.1, -0.05) is 11.6 Å². The Bertz CT molecular complexity index is 834. The van der Waals surface area contributed by atoms with E-state index < -0.39 is 0 Å². The smallest absolute Gasteiger partial charge is 0.257 e. The monoisotopic (exact) mass is 382 g/mol. The van der Waals surface area contributed by atoms with Gasteiger partial charge in [-0.25, -0.2) is 0 Å². The number of benzene rings is 1. The Kier molecular flexibility index (Phi) is 6.84. The maximum absolute atomic E-state index is 12.4. The van der Waals surface area contributed by atoms with Crippen molar-refractivity contribution in [3.63, 3.8) is 0 Å². The quantitative estimate of drug-likeness (QED) is 0.670. The van der Waals surface area contributed by atoms with Crippen molar-refractivity contribution in [1.29, 1.82) is 0 Å². The Hall–Kier alpha value is -3.09. The molecule has 1 aliphatic rings. The summed E-state index contributed by atoms with van der Waals surface area (Å²) in [7, 11) is 3.08. The predicted octanol–water partition coefficient (Wildman–Crippen LogP) is 4.05. The SMILES string of the molecule is COc1ccc(C(=O)Nc2ccc(NCCC3=CCCCC3)nn2)cc1OC. The van der Waals surface area contributed by atoms with E-state index in [0.717, 1.165) is 13.0 Å². The lowest BCUT2D eigenvalue weighted by atomic mass is 9.97. The third-order valence-electron chi connectivity index (χ3n) is 4.69. The minimum absolute atomic E-state index is 0.291. The zero-order chi connectivity index (χ0) is 19.8. The predicted molar refractivity (Wildman–Crippen MR) is 109 cm³/mol. The van der Waals surface area contributed by atoms with Crippen LogP contribution >= 0.6 is 0 Å². The molecule has 0 fully saturated rings. The second-order valence-corrected chi connectivity index (χ2v) is 6.61. The Labute approximate surface area is 165 Å². The molecular formula is C21H26N4O3. The second kappa shape index (κ2) is 9.73. The van der Waals surface area contributed by atoms with Crippen molar-refractivity contribution >= 4 is 17.5 Å². The van der Waals surface area contributed by atoms with E-state index in [9.17, 15) is 4.79 Å². The second-order valence-electron chi connectivity index (χ2n) is 6.61. The Balaban J connectivity index is 1.53. The number of hydrogen-bond donors (Lipinski definition) is 2. The van der Waals surface area contributed by atoms with Crippen molar-refractivity contribution in [2.75, 3.05) is 31.4 Å². The summed E-state index contributed by atoms with van der Waals surface area (Å²) in [5, 5.41) is 14.2. The van der Waals surface area contributed by atoms with E-state index in [4.69, 9.17) is 9.47 Å². The van der Waals surface area contributed by atoms with E-state index in [1.807, 2.05) is 6.07 Å². The molecule has 0 spiro atoms. The van der Waals surface area contributed by atoms with Crippen molar-refractivity contribution in [3.05, 3.63) is 47.5 Å². The van der Waals surface area contributed by atoms with Crippen LogP contribution in [0.1, 0.15) is 42.5 Å². The number of hydrogen-bond acceptors (Lipinski definition) is 6. The number of nitrogens with one attached hydrogen (secondary N) is 2. The van der Waals surface area contributed by atoms with Gasteiger partial charge in [0.2, 0.25) is 0 Å². The van der Waals surface area contributed by atoms with Crippen LogP contribution in [0.2, 0.25) is 0 Å². The van der Waals surface area contributed by atoms with Crippen molar-refractivity contribution in [3.8, 4) is 11.5 Å². The lowest BCUT2D eigenvalue weighted by Crippen LogP contribution is -2.14.